The summed E-state index contributed by atoms with van der Waals surface area (Å²) in [6.07, 6.45) is 42.1. The van der Waals surface area contributed by atoms with Crippen LogP contribution < -0.4 is 27.0 Å². The molecule has 5 atom stereocenters. The molecule has 2 aliphatic heterocycles. The number of aliphatic hydroxyl groups is 1. The van der Waals surface area contributed by atoms with Crippen LogP contribution in [0.15, 0.2) is 25.3 Å². The summed E-state index contributed by atoms with van der Waals surface area (Å²) in [4.78, 5) is 163. The molecule has 2 saturated heterocycles. The number of ketones is 6. The van der Waals surface area contributed by atoms with Gasteiger partial charge in [0.25, 0.3) is 0 Å². The molecule has 4 fully saturated rings. The zero-order valence-corrected chi connectivity index (χ0v) is 84.1. The number of nitrogens with one attached hydrogen (secondary N) is 4. The Bertz CT molecular complexity index is 2800. The highest BCUT2D eigenvalue weighted by Gasteiger charge is 2.25. The molecule has 4 aliphatic rings. The Kier molecular flexibility index (Phi) is 94.8. The summed E-state index contributed by atoms with van der Waals surface area (Å²) in [5.74, 6) is 3.21. The molecule has 0 bridgehead atoms. The van der Waals surface area contributed by atoms with Gasteiger partial charge in [-0.1, -0.05) is 206 Å². The van der Waals surface area contributed by atoms with Gasteiger partial charge in [-0.05, 0) is 142 Å². The molecule has 0 aromatic heterocycles. The van der Waals surface area contributed by atoms with Crippen molar-refractivity contribution in [2.75, 3.05) is 114 Å². The molecule has 742 valence electrons. The van der Waals surface area contributed by atoms with E-state index in [0.717, 1.165) is 187 Å². The maximum absolute atomic E-state index is 12.1. The van der Waals surface area contributed by atoms with Crippen molar-refractivity contribution >= 4 is 82.2 Å². The fraction of sp³-hybridized carbons (Fsp3) is 0.820. The first-order chi connectivity index (χ1) is 60.4. The first kappa shape index (κ1) is 131. The van der Waals surface area contributed by atoms with Crippen LogP contribution in [-0.2, 0) is 76.5 Å². The molecule has 27 heteroatoms. The minimum atomic E-state index is -0.512. The number of ether oxygens (including phenoxy) is 3. The standard InChI is InChI=1S/C21H37NO2.C14H26N2O2.C13H25NO4.C10H21NO2.C9H12O2.C8H15NO.C7H15NO2.C7H15NO.C6H12O.C5H11NO/c23-20(18-12-6-4-7-13-18)16-10-2-1-3-11-17-22-21(24)19-14-8-5-9-15-19;1-13(17)5-3-4-6-14(18)7-8-16-11-9-15(2)10-12-16;1-3-4-5-6-7-8-9-12(15)17-10-11-18-13(16)14-2;1-4-6-7-13-8-11-10(12)9(3)5-2;1-3-8(10)6-5-7-9(11)4-2;1-3-7(2)9-6-4-5-8(9)10;1-3-6(2)7(10)8-4-5-9;1-5-6(2)7(9)8(3)4;1-4-6(7)5(2)3;1-3-4(2)5(6)7/h18-19H,1-17H2,(H,22,24);3-12H2,1-2H3;3-11H2,1-2H3,(H,14,16);9H,4-8H2,1-3H3,(H,11,12);3-4H,1-2,5-7H2;7H,3-6H2,1-2H3;6,9H,3-5H2,1-2H3,(H,8,10);6H,5H2,1-4H3;5H,4H2,1-3H3;4H,3H2,1-2H3,(H2,6,7). The van der Waals surface area contributed by atoms with Crippen molar-refractivity contribution in [3.05, 3.63) is 25.3 Å². The van der Waals surface area contributed by atoms with E-state index in [1.54, 1.807) is 25.9 Å². The lowest BCUT2D eigenvalue weighted by atomic mass is 9.84. The number of primary amides is 1. The van der Waals surface area contributed by atoms with Gasteiger partial charge in [0.1, 0.15) is 43.1 Å². The summed E-state index contributed by atoms with van der Waals surface area (Å²) in [5.41, 5.74) is 4.91. The molecule has 7 N–H and O–H groups in total. The minimum absolute atomic E-state index is 0.0122. The molecule has 2 aliphatic carbocycles. The van der Waals surface area contributed by atoms with Crippen LogP contribution in [0.25, 0.3) is 0 Å². The maximum Gasteiger partial charge on any atom is 0.406 e. The number of piperazine rings is 1. The summed E-state index contributed by atoms with van der Waals surface area (Å²) in [6.45, 7) is 46.8. The molecule has 0 aromatic carbocycles. The van der Waals surface area contributed by atoms with Crippen LogP contribution in [0, 0.1) is 41.4 Å². The Morgan fingerprint density at radius 2 is 1.01 bits per heavy atom. The summed E-state index contributed by atoms with van der Waals surface area (Å²) in [7, 11) is 7.19. The largest absolute Gasteiger partial charge is 0.462 e. The number of Topliss-reactive ketones (excluding diaryl/α,β-unsaturated/α-hetero) is 4. The van der Waals surface area contributed by atoms with Gasteiger partial charge in [0.2, 0.25) is 35.4 Å². The molecule has 2 saturated carbocycles. The van der Waals surface area contributed by atoms with E-state index in [-0.39, 0.29) is 108 Å². The van der Waals surface area contributed by atoms with E-state index >= 15 is 0 Å². The average Bonchev–Trinajstić information content (AvgIpc) is 1.74. The van der Waals surface area contributed by atoms with Crippen LogP contribution in [0.4, 0.5) is 4.79 Å². The molecule has 0 radical (unpaired) electrons. The molecule has 127 heavy (non-hydrogen) atoms. The number of hydrogen-bond donors (Lipinski definition) is 6. The normalized spacial score (nSPS) is 14.7. The fourth-order valence-corrected chi connectivity index (χ4v) is 12.5. The number of carbonyl (C=O) groups is 14. The minimum Gasteiger partial charge on any atom is -0.462 e. The quantitative estimate of drug-likeness (QED) is 0.0143. The second-order valence-corrected chi connectivity index (χ2v) is 34.4. The van der Waals surface area contributed by atoms with Crippen LogP contribution in [0.1, 0.15) is 374 Å². The zero-order chi connectivity index (χ0) is 97.6. The number of esters is 1. The Morgan fingerprint density at radius 3 is 1.44 bits per heavy atom. The molecular weight excluding hydrogens is 1620 g/mol. The molecule has 5 unspecified atom stereocenters. The van der Waals surface area contributed by atoms with E-state index in [9.17, 15) is 67.1 Å². The monoisotopic (exact) mass is 1800 g/mol. The topological polar surface area (TPSA) is 374 Å². The van der Waals surface area contributed by atoms with Gasteiger partial charge in [-0.15, -0.1) is 0 Å². The SMILES string of the molecule is C=CC(=O)CCCC(=O)C=C.CC(=O)CCCCC(=O)CCN1CCN(C)CC1.CCC(=O)C(C)C.CCC(C)C(=O)N(C)C.CCC(C)C(=O)NCCO.CCC(C)C(N)=O.CCC(C)N1CCCC1=O.CCCCCCCCC(=O)OCCOC(=O)NC.CCCCOCNC(=O)C(C)CC.O=C(CCCCCCCNC(=O)C1CCCCC1)C1CCCCC1. The highest BCUT2D eigenvalue weighted by Crippen LogP contribution is 2.27. The van der Waals surface area contributed by atoms with Gasteiger partial charge >= 0.3 is 12.1 Å². The summed E-state index contributed by atoms with van der Waals surface area (Å²) < 4.78 is 14.8. The third-order valence-corrected chi connectivity index (χ3v) is 22.6. The van der Waals surface area contributed by atoms with Crippen molar-refractivity contribution in [1.82, 2.24) is 40.9 Å². The van der Waals surface area contributed by atoms with Gasteiger partial charge in [0, 0.05) is 185 Å². The van der Waals surface area contributed by atoms with Crippen molar-refractivity contribution in [1.29, 1.82) is 0 Å². The third kappa shape index (κ3) is 85.4. The van der Waals surface area contributed by atoms with Crippen molar-refractivity contribution in [3.63, 3.8) is 0 Å². The third-order valence-electron chi connectivity index (χ3n) is 22.6. The smallest absolute Gasteiger partial charge is 0.406 e. The fourth-order valence-electron chi connectivity index (χ4n) is 12.5. The lowest BCUT2D eigenvalue weighted by molar-refractivity contribution is -0.145. The first-order valence-electron chi connectivity index (χ1n) is 49.0. The lowest BCUT2D eigenvalue weighted by Crippen LogP contribution is -2.45. The van der Waals surface area contributed by atoms with Gasteiger partial charge < -0.3 is 70.7 Å². The van der Waals surface area contributed by atoms with Crippen LogP contribution >= 0.6 is 0 Å². The van der Waals surface area contributed by atoms with E-state index in [4.69, 9.17) is 20.3 Å². The van der Waals surface area contributed by atoms with E-state index in [0.29, 0.717) is 99.9 Å². The Labute approximate surface area is 771 Å². The number of carbonyl (C=O) groups excluding carboxylic acids is 14. The summed E-state index contributed by atoms with van der Waals surface area (Å²) >= 11 is 0. The van der Waals surface area contributed by atoms with Gasteiger partial charge in [0.15, 0.2) is 11.6 Å². The Balaban J connectivity index is -0.000000328. The van der Waals surface area contributed by atoms with E-state index < -0.39 is 6.09 Å². The van der Waals surface area contributed by atoms with Crippen molar-refractivity contribution in [2.24, 2.45) is 47.2 Å². The van der Waals surface area contributed by atoms with Gasteiger partial charge in [-0.3, -0.25) is 57.5 Å². The number of likely N-dealkylation sites (N-methyl/N-ethyl adjacent to an activating group) is 1. The summed E-state index contributed by atoms with van der Waals surface area (Å²) in [6, 6.07) is 0.454. The summed E-state index contributed by atoms with van der Waals surface area (Å²) in [5, 5.41) is 19.1. The van der Waals surface area contributed by atoms with Crippen LogP contribution in [0.2, 0.25) is 0 Å². The van der Waals surface area contributed by atoms with Crippen molar-refractivity contribution < 1.29 is 86.4 Å². The number of rotatable bonds is 53. The van der Waals surface area contributed by atoms with Gasteiger partial charge in [-0.2, -0.15) is 0 Å². The first-order valence-corrected chi connectivity index (χ1v) is 49.0. The second-order valence-electron chi connectivity index (χ2n) is 34.4. The number of alkyl carbamates (subject to hydrolysis) is 1. The second kappa shape index (κ2) is 92.2. The van der Waals surface area contributed by atoms with Crippen molar-refractivity contribution in [2.45, 2.75) is 380 Å². The molecule has 7 amide bonds. The average molecular weight is 1810 g/mol. The number of nitrogens with two attached hydrogens (primary N) is 1. The predicted molar refractivity (Wildman–Crippen MR) is 516 cm³/mol. The maximum atomic E-state index is 12.1. The molecular formula is C100H189N9O18. The Morgan fingerprint density at radius 1 is 0.520 bits per heavy atom. The molecule has 2 heterocycles. The molecule has 27 nitrogen and oxygen atoms in total. The number of amides is 7. The van der Waals surface area contributed by atoms with Gasteiger partial charge in [0.05, 0.1) is 6.61 Å². The van der Waals surface area contributed by atoms with E-state index in [1.165, 1.54) is 96.2 Å². The number of nitrogens with zero attached hydrogens (tertiary/aromatic N) is 4. The number of aliphatic hydroxyl groups excluding tert-OH is 1. The number of hydrogen-bond acceptors (Lipinski definition) is 20. The molecule has 4 rings (SSSR count). The predicted octanol–water partition coefficient (Wildman–Crippen LogP) is 17.5. The van der Waals surface area contributed by atoms with Crippen LogP contribution in [0.3, 0.4) is 0 Å². The highest BCUT2D eigenvalue weighted by atomic mass is 16.6. The highest BCUT2D eigenvalue weighted by molar-refractivity contribution is 5.91. The van der Waals surface area contributed by atoms with Crippen LogP contribution in [-0.4, -0.2) is 227 Å². The van der Waals surface area contributed by atoms with E-state index in [2.05, 4.69) is 83.7 Å². The van der Waals surface area contributed by atoms with E-state index in [1.807, 2.05) is 81.1 Å². The van der Waals surface area contributed by atoms with Crippen LogP contribution in [0.5, 0.6) is 0 Å². The molecule has 0 spiro atoms. The zero-order valence-electron chi connectivity index (χ0n) is 84.1. The number of unbranched alkanes of at least 4 members (excludes halogenated alkanes) is 11. The Hall–Kier alpha value is -7.10. The van der Waals surface area contributed by atoms with Crippen molar-refractivity contribution in [3.8, 4) is 0 Å². The lowest BCUT2D eigenvalue weighted by Gasteiger charge is -2.32. The molecule has 0 aromatic rings. The number of likely N-dealkylation sites (tertiary alicyclic amines) is 1. The number of allylic oxidation sites excluding steroid dienone is 2. The van der Waals surface area contributed by atoms with Gasteiger partial charge in [-0.25, -0.2) is 4.79 Å².